The lowest BCUT2D eigenvalue weighted by Gasteiger charge is -2.34. The van der Waals surface area contributed by atoms with E-state index < -0.39 is 34.7 Å². The van der Waals surface area contributed by atoms with Gasteiger partial charge in [-0.25, -0.2) is 9.59 Å². The van der Waals surface area contributed by atoms with Crippen LogP contribution < -0.4 is 15.4 Å². The summed E-state index contributed by atoms with van der Waals surface area (Å²) in [5.41, 5.74) is -0.797. The summed E-state index contributed by atoms with van der Waals surface area (Å²) in [6.07, 6.45) is 4.20. The van der Waals surface area contributed by atoms with E-state index in [1.165, 1.54) is 4.90 Å². The largest absolute Gasteiger partial charge is 0.514 e. The first-order valence-corrected chi connectivity index (χ1v) is 14.3. The van der Waals surface area contributed by atoms with Crippen LogP contribution in [0.4, 0.5) is 9.59 Å². The molecule has 0 radical (unpaired) electrons. The van der Waals surface area contributed by atoms with Gasteiger partial charge in [0.05, 0.1) is 12.1 Å². The predicted octanol–water partition coefficient (Wildman–Crippen LogP) is 5.54. The molecule has 230 valence electrons. The zero-order valence-corrected chi connectivity index (χ0v) is 26.7. The molecule has 0 aromatic heterocycles. The molecule has 3 atom stereocenters. The number of likely N-dealkylation sites (N-methyl/N-ethyl adjacent to an activating group) is 1. The normalized spacial score (nSPS) is 18.9. The van der Waals surface area contributed by atoms with E-state index in [0.717, 1.165) is 25.7 Å². The lowest BCUT2D eigenvalue weighted by molar-refractivity contribution is -0.133. The molecule has 1 aromatic rings. The summed E-state index contributed by atoms with van der Waals surface area (Å²) in [5.74, 6) is 0.0154. The van der Waals surface area contributed by atoms with Crippen LogP contribution in [-0.2, 0) is 14.9 Å². The van der Waals surface area contributed by atoms with Crippen molar-refractivity contribution in [2.24, 2.45) is 10.4 Å². The molecular weight excluding hydrogens is 524 g/mol. The van der Waals surface area contributed by atoms with Gasteiger partial charge in [0, 0.05) is 31.4 Å². The highest BCUT2D eigenvalue weighted by atomic mass is 16.7. The Bertz CT molecular complexity index is 1130. The molecule has 0 spiro atoms. The lowest BCUT2D eigenvalue weighted by Crippen LogP contribution is -2.58. The summed E-state index contributed by atoms with van der Waals surface area (Å²) in [6.45, 7) is 16.7. The second kappa shape index (κ2) is 13.1. The molecule has 3 N–H and O–H groups in total. The van der Waals surface area contributed by atoms with Gasteiger partial charge in [0.15, 0.2) is 0 Å². The van der Waals surface area contributed by atoms with Crippen molar-refractivity contribution in [3.8, 4) is 11.5 Å². The minimum atomic E-state index is -0.848. The number of phenolic OH excluding ortho intramolecular Hbond substituents is 1. The van der Waals surface area contributed by atoms with Gasteiger partial charge in [0.25, 0.3) is 0 Å². The van der Waals surface area contributed by atoms with Gasteiger partial charge in [-0.3, -0.25) is 9.79 Å². The van der Waals surface area contributed by atoms with E-state index in [2.05, 4.69) is 10.6 Å². The zero-order valence-electron chi connectivity index (χ0n) is 26.7. The Labute approximate surface area is 245 Å². The molecule has 0 heterocycles. The summed E-state index contributed by atoms with van der Waals surface area (Å²) < 4.78 is 10.8. The Kier molecular flexibility index (Phi) is 10.9. The number of phenols is 1. The lowest BCUT2D eigenvalue weighted by atomic mass is 9.84. The monoisotopic (exact) mass is 574 g/mol. The number of nitrogens with one attached hydrogen (secondary N) is 2. The molecule has 1 aromatic carbocycles. The van der Waals surface area contributed by atoms with E-state index in [0.29, 0.717) is 11.1 Å². The quantitative estimate of drug-likeness (QED) is 0.233. The number of benzene rings is 1. The van der Waals surface area contributed by atoms with Gasteiger partial charge in [-0.05, 0) is 56.6 Å². The predicted molar refractivity (Wildman–Crippen MR) is 161 cm³/mol. The van der Waals surface area contributed by atoms with Crippen LogP contribution in [0.3, 0.4) is 0 Å². The number of hydrogen-bond donors (Lipinski definition) is 3. The minimum absolute atomic E-state index is 0.0319. The smallest absolute Gasteiger partial charge is 0.507 e. The van der Waals surface area contributed by atoms with Crippen molar-refractivity contribution in [3.05, 3.63) is 23.3 Å². The third kappa shape index (κ3) is 9.93. The SMILES string of the molecule is CN(C)C(=O)[C@@H](NC(=O)N[C@@H]1CCCC[C@H]1N=Cc1ccc(OC(=O)OC(C)(C)C)c(C(C)(C)C)c1O)C(C)(C)C. The Hall–Kier alpha value is -3.30. The maximum Gasteiger partial charge on any atom is 0.514 e. The molecule has 1 fully saturated rings. The molecule has 10 heteroatoms. The number of hydrogen-bond acceptors (Lipinski definition) is 7. The molecule has 41 heavy (non-hydrogen) atoms. The molecule has 3 amide bonds. The summed E-state index contributed by atoms with van der Waals surface area (Å²) in [6, 6.07) is 1.75. The van der Waals surface area contributed by atoms with Crippen molar-refractivity contribution in [2.45, 2.75) is 117 Å². The number of aliphatic imine (C=N–C) groups is 1. The van der Waals surface area contributed by atoms with E-state index in [-0.39, 0.29) is 29.5 Å². The third-order valence-electron chi connectivity index (χ3n) is 6.78. The Morgan fingerprint density at radius 3 is 2.17 bits per heavy atom. The Morgan fingerprint density at radius 1 is 1.02 bits per heavy atom. The van der Waals surface area contributed by atoms with Gasteiger partial charge in [0.2, 0.25) is 5.91 Å². The Balaban J connectivity index is 2.26. The minimum Gasteiger partial charge on any atom is -0.507 e. The molecule has 0 saturated heterocycles. The molecule has 1 aliphatic rings. The number of carbonyl (C=O) groups is 3. The van der Waals surface area contributed by atoms with Gasteiger partial charge >= 0.3 is 12.2 Å². The van der Waals surface area contributed by atoms with Crippen molar-refractivity contribution in [1.29, 1.82) is 0 Å². The highest BCUT2D eigenvalue weighted by molar-refractivity contribution is 5.88. The van der Waals surface area contributed by atoms with E-state index in [1.807, 2.05) is 41.5 Å². The van der Waals surface area contributed by atoms with Crippen molar-refractivity contribution in [1.82, 2.24) is 15.5 Å². The van der Waals surface area contributed by atoms with Crippen LogP contribution in [0, 0.1) is 5.41 Å². The number of ether oxygens (including phenoxy) is 2. The highest BCUT2D eigenvalue weighted by Crippen LogP contribution is 2.40. The van der Waals surface area contributed by atoms with E-state index >= 15 is 0 Å². The number of carbonyl (C=O) groups excluding carboxylic acids is 3. The van der Waals surface area contributed by atoms with Crippen LogP contribution in [0.1, 0.15) is 99.1 Å². The van der Waals surface area contributed by atoms with Crippen LogP contribution in [0.5, 0.6) is 11.5 Å². The van der Waals surface area contributed by atoms with Crippen LogP contribution >= 0.6 is 0 Å². The van der Waals surface area contributed by atoms with Gasteiger partial charge in [-0.1, -0.05) is 54.4 Å². The fourth-order valence-corrected chi connectivity index (χ4v) is 4.75. The van der Waals surface area contributed by atoms with E-state index in [9.17, 15) is 19.5 Å². The summed E-state index contributed by atoms with van der Waals surface area (Å²) in [7, 11) is 3.34. The zero-order chi connectivity index (χ0) is 31.3. The number of rotatable bonds is 6. The first-order chi connectivity index (χ1) is 18.7. The molecule has 0 aliphatic heterocycles. The van der Waals surface area contributed by atoms with Crippen molar-refractivity contribution >= 4 is 24.3 Å². The van der Waals surface area contributed by atoms with Gasteiger partial charge < -0.3 is 30.1 Å². The van der Waals surface area contributed by atoms with Crippen LogP contribution in [-0.4, -0.2) is 72.1 Å². The van der Waals surface area contributed by atoms with Gasteiger partial charge in [-0.15, -0.1) is 0 Å². The second-order valence-electron chi connectivity index (χ2n) is 14.1. The topological polar surface area (TPSA) is 130 Å². The maximum atomic E-state index is 13.0. The maximum absolute atomic E-state index is 13.0. The molecule has 2 rings (SSSR count). The van der Waals surface area contributed by atoms with Crippen molar-refractivity contribution in [2.75, 3.05) is 14.1 Å². The first kappa shape index (κ1) is 33.9. The third-order valence-corrected chi connectivity index (χ3v) is 6.78. The second-order valence-corrected chi connectivity index (χ2v) is 14.1. The van der Waals surface area contributed by atoms with E-state index in [4.69, 9.17) is 14.5 Å². The first-order valence-electron chi connectivity index (χ1n) is 14.3. The average molecular weight is 575 g/mol. The summed E-state index contributed by atoms with van der Waals surface area (Å²) >= 11 is 0. The van der Waals surface area contributed by atoms with Gasteiger partial charge in [-0.2, -0.15) is 0 Å². The highest BCUT2D eigenvalue weighted by Gasteiger charge is 2.35. The number of nitrogens with zero attached hydrogens (tertiary/aromatic N) is 2. The molecular formula is C31H50N4O6. The number of aromatic hydroxyl groups is 1. The average Bonchev–Trinajstić information content (AvgIpc) is 2.79. The molecule has 0 unspecified atom stereocenters. The standard InChI is InChI=1S/C31H50N4O6/c1-29(2,3)23-22(40-28(39)41-31(7,8)9)17-16-19(24(23)36)18-32-20-14-12-13-15-21(20)33-27(38)34-25(30(4,5)6)26(37)35(10)11/h16-18,20-21,25,36H,12-15H2,1-11H3,(H2,33,34,38)/t20-,21-,25-/m1/s1. The van der Waals surface area contributed by atoms with E-state index in [1.54, 1.807) is 53.2 Å². The summed E-state index contributed by atoms with van der Waals surface area (Å²) in [4.78, 5) is 44.3. The van der Waals surface area contributed by atoms with Crippen LogP contribution in [0.15, 0.2) is 17.1 Å². The number of amides is 3. The fourth-order valence-electron chi connectivity index (χ4n) is 4.75. The Morgan fingerprint density at radius 2 is 1.63 bits per heavy atom. The fraction of sp³-hybridized carbons (Fsp3) is 0.677. The molecule has 0 bridgehead atoms. The van der Waals surface area contributed by atoms with Crippen LogP contribution in [0.25, 0.3) is 0 Å². The van der Waals surface area contributed by atoms with Gasteiger partial charge in [0.1, 0.15) is 23.1 Å². The summed E-state index contributed by atoms with van der Waals surface area (Å²) in [5, 5.41) is 17.1. The molecule has 1 saturated carbocycles. The molecule has 10 nitrogen and oxygen atoms in total. The van der Waals surface area contributed by atoms with Crippen LogP contribution in [0.2, 0.25) is 0 Å². The molecule has 1 aliphatic carbocycles. The van der Waals surface area contributed by atoms with Crippen molar-refractivity contribution in [3.63, 3.8) is 0 Å². The number of urea groups is 1. The van der Waals surface area contributed by atoms with Crippen molar-refractivity contribution < 1.29 is 29.0 Å².